The van der Waals surface area contributed by atoms with Crippen molar-refractivity contribution in [2.45, 2.75) is 65.2 Å². The van der Waals surface area contributed by atoms with Gasteiger partial charge in [-0.25, -0.2) is 9.98 Å². The van der Waals surface area contributed by atoms with Crippen molar-refractivity contribution in [2.75, 3.05) is 0 Å². The molecule has 2 aliphatic heterocycles. The lowest BCUT2D eigenvalue weighted by atomic mass is 9.86. The monoisotopic (exact) mass is 620 g/mol. The molecule has 0 amide bonds. The fourth-order valence-electron chi connectivity index (χ4n) is 4.57. The summed E-state index contributed by atoms with van der Waals surface area (Å²) in [6.07, 6.45) is 2.09. The summed E-state index contributed by atoms with van der Waals surface area (Å²) in [4.78, 5) is 10.3. The molecule has 0 unspecified atom stereocenters. The zero-order valence-electron chi connectivity index (χ0n) is 18.4. The van der Waals surface area contributed by atoms with Crippen LogP contribution in [0, 0.1) is 7.14 Å². The number of nitrogens with zero attached hydrogens (tertiary/aromatic N) is 2. The topological polar surface area (TPSA) is 24.7 Å². The van der Waals surface area contributed by atoms with Crippen LogP contribution in [-0.2, 0) is 10.8 Å². The van der Waals surface area contributed by atoms with Crippen molar-refractivity contribution in [1.29, 1.82) is 0 Å². The number of hydrogen-bond acceptors (Lipinski definition) is 2. The van der Waals surface area contributed by atoms with Crippen molar-refractivity contribution >= 4 is 56.3 Å². The predicted molar refractivity (Wildman–Crippen MR) is 140 cm³/mol. The molecule has 0 spiro atoms. The lowest BCUT2D eigenvalue weighted by Gasteiger charge is -2.19. The fourth-order valence-corrected chi connectivity index (χ4v) is 6.44. The van der Waals surface area contributed by atoms with Crippen molar-refractivity contribution in [1.82, 2.24) is 0 Å². The van der Waals surface area contributed by atoms with Gasteiger partial charge < -0.3 is 0 Å². The van der Waals surface area contributed by atoms with E-state index in [1.165, 1.54) is 39.9 Å². The highest BCUT2D eigenvalue weighted by Crippen LogP contribution is 2.38. The van der Waals surface area contributed by atoms with Crippen molar-refractivity contribution in [3.63, 3.8) is 0 Å². The molecule has 154 valence electrons. The van der Waals surface area contributed by atoms with Gasteiger partial charge >= 0.3 is 0 Å². The van der Waals surface area contributed by atoms with Crippen molar-refractivity contribution in [3.8, 4) is 0 Å². The quantitative estimate of drug-likeness (QED) is 0.380. The van der Waals surface area contributed by atoms with Crippen LogP contribution in [0.5, 0.6) is 0 Å². The molecule has 4 heteroatoms. The molecule has 0 aromatic heterocycles. The first-order valence-corrected chi connectivity index (χ1v) is 12.7. The zero-order valence-corrected chi connectivity index (χ0v) is 22.7. The van der Waals surface area contributed by atoms with E-state index in [1.807, 2.05) is 0 Å². The van der Waals surface area contributed by atoms with Crippen LogP contribution < -0.4 is 21.2 Å². The molecule has 0 radical (unpaired) electrons. The van der Waals surface area contributed by atoms with Crippen molar-refractivity contribution in [3.05, 3.63) is 75.1 Å². The van der Waals surface area contributed by atoms with E-state index in [0.717, 1.165) is 35.0 Å². The molecule has 0 N–H and O–H groups in total. The molecule has 2 heterocycles. The van der Waals surface area contributed by atoms with E-state index in [2.05, 4.69) is 111 Å². The first kappa shape index (κ1) is 20.9. The van der Waals surface area contributed by atoms with Crippen molar-refractivity contribution in [2.24, 2.45) is 9.98 Å². The molecule has 0 bridgehead atoms. The van der Waals surface area contributed by atoms with Crippen LogP contribution in [0.3, 0.4) is 0 Å². The van der Waals surface area contributed by atoms with E-state index in [1.54, 1.807) is 0 Å². The Morgan fingerprint density at radius 1 is 0.633 bits per heavy atom. The summed E-state index contributed by atoms with van der Waals surface area (Å²) in [5.41, 5.74) is 7.92. The second-order valence-corrected chi connectivity index (χ2v) is 12.9. The Bertz CT molecular complexity index is 1300. The van der Waals surface area contributed by atoms with Crippen LogP contribution in [0.2, 0.25) is 0 Å². The van der Waals surface area contributed by atoms with Gasteiger partial charge in [-0.15, -0.1) is 0 Å². The van der Waals surface area contributed by atoms with Crippen molar-refractivity contribution < 1.29 is 0 Å². The average molecular weight is 620 g/mol. The van der Waals surface area contributed by atoms with Crippen LogP contribution >= 0.6 is 45.2 Å². The van der Waals surface area contributed by atoms with Gasteiger partial charge in [0.05, 0.1) is 22.1 Å². The Kier molecular flexibility index (Phi) is 4.68. The third kappa shape index (κ3) is 3.15. The van der Waals surface area contributed by atoms with E-state index < -0.39 is 0 Å². The highest BCUT2D eigenvalue weighted by atomic mass is 127. The van der Waals surface area contributed by atoms with Gasteiger partial charge in [0.1, 0.15) is 0 Å². The first-order chi connectivity index (χ1) is 13.9. The van der Waals surface area contributed by atoms with Gasteiger partial charge in [0.25, 0.3) is 0 Å². The van der Waals surface area contributed by atoms with Gasteiger partial charge in [0.2, 0.25) is 0 Å². The molecule has 2 aromatic carbocycles. The Labute approximate surface area is 205 Å². The highest BCUT2D eigenvalue weighted by molar-refractivity contribution is 14.1. The Morgan fingerprint density at radius 2 is 1.00 bits per heavy atom. The Balaban J connectivity index is 1.81. The van der Waals surface area contributed by atoms with E-state index in [4.69, 9.17) is 9.98 Å². The minimum atomic E-state index is 0.117. The first-order valence-electron chi connectivity index (χ1n) is 10.5. The number of hydrogen-bond donors (Lipinski definition) is 0. The number of halogens is 2. The normalized spacial score (nSPS) is 17.3. The van der Waals surface area contributed by atoms with Crippen LogP contribution in [0.4, 0.5) is 0 Å². The fraction of sp³-hybridized carbons (Fsp3) is 0.385. The second-order valence-electron chi connectivity index (χ2n) is 10.6. The van der Waals surface area contributed by atoms with Crippen LogP contribution in [0.25, 0.3) is 11.1 Å². The van der Waals surface area contributed by atoms with Crippen LogP contribution in [0.1, 0.15) is 65.5 Å². The molecule has 2 aromatic rings. The summed E-state index contributed by atoms with van der Waals surface area (Å²) in [5.74, 6) is 0. The largest absolute Gasteiger partial charge is 0.246 e. The Hall–Kier alpha value is -1.02. The summed E-state index contributed by atoms with van der Waals surface area (Å²) < 4.78 is 2.63. The lowest BCUT2D eigenvalue weighted by molar-refractivity contribution is 0.588. The lowest BCUT2D eigenvalue weighted by Crippen LogP contribution is -2.30. The maximum atomic E-state index is 5.16. The smallest absolute Gasteiger partial charge is 0.0936 e. The molecule has 1 aliphatic carbocycles. The molecule has 0 fully saturated rings. The number of benzene rings is 2. The van der Waals surface area contributed by atoms with E-state index in [9.17, 15) is 0 Å². The second kappa shape index (κ2) is 6.74. The Morgan fingerprint density at radius 3 is 1.33 bits per heavy atom. The molecule has 0 atom stereocenters. The maximum Gasteiger partial charge on any atom is 0.0936 e. The van der Waals surface area contributed by atoms with Gasteiger partial charge in [0, 0.05) is 17.6 Å². The molecular weight excluding hydrogens is 594 g/mol. The number of fused-ring (bicyclic) bond motifs is 4. The predicted octanol–water partition coefficient (Wildman–Crippen LogP) is 4.76. The third-order valence-corrected chi connectivity index (χ3v) is 8.06. The third-order valence-electron chi connectivity index (χ3n) is 6.36. The van der Waals surface area contributed by atoms with Gasteiger partial charge in [-0.05, 0) is 115 Å². The molecule has 2 nitrogen and oxygen atoms in total. The molecular formula is C26H26I2N2. The summed E-state index contributed by atoms with van der Waals surface area (Å²) in [6.45, 7) is 13.6. The van der Waals surface area contributed by atoms with Gasteiger partial charge in [-0.2, -0.15) is 0 Å². The minimum Gasteiger partial charge on any atom is -0.246 e. The summed E-state index contributed by atoms with van der Waals surface area (Å²) in [6, 6.07) is 9.26. The van der Waals surface area contributed by atoms with Crippen LogP contribution in [0.15, 0.2) is 45.6 Å². The summed E-state index contributed by atoms with van der Waals surface area (Å²) in [7, 11) is 0. The average Bonchev–Trinajstić information content (AvgIpc) is 3.18. The number of rotatable bonds is 0. The zero-order chi connectivity index (χ0) is 21.6. The summed E-state index contributed by atoms with van der Waals surface area (Å²) in [5, 5.41) is 4.92. The van der Waals surface area contributed by atoms with Crippen LogP contribution in [-0.4, -0.2) is 0 Å². The SMILES string of the molecule is CC(C)(C)c1cc(I)c2c(c1)=NC1=C3N=c4cc(C(C)(C)C)cc(I)c4=C3CCC=21. The van der Waals surface area contributed by atoms with E-state index in [-0.39, 0.29) is 10.8 Å². The maximum absolute atomic E-state index is 5.16. The van der Waals surface area contributed by atoms with E-state index >= 15 is 0 Å². The summed E-state index contributed by atoms with van der Waals surface area (Å²) >= 11 is 4.99. The standard InChI is InChI=1S/C26H26I2N2/c1-25(2,3)13-9-17(27)21-15-7-8-16-22-18(28)10-14(26(4,5)6)12-20(22)30-24(16)23(15)29-19(21)11-13/h9-12H,7-8H2,1-6H3. The number of allylic oxidation sites excluding steroid dienone is 2. The molecule has 0 saturated carbocycles. The molecule has 0 saturated heterocycles. The van der Waals surface area contributed by atoms with Gasteiger partial charge in [-0.1, -0.05) is 41.5 Å². The van der Waals surface area contributed by atoms with Gasteiger partial charge in [0.15, 0.2) is 0 Å². The molecule has 3 aliphatic rings. The highest BCUT2D eigenvalue weighted by Gasteiger charge is 2.30. The van der Waals surface area contributed by atoms with Gasteiger partial charge in [-0.3, -0.25) is 0 Å². The molecule has 30 heavy (non-hydrogen) atoms. The minimum absolute atomic E-state index is 0.117. The van der Waals surface area contributed by atoms with E-state index in [0.29, 0.717) is 0 Å². The molecule has 5 rings (SSSR count).